The summed E-state index contributed by atoms with van der Waals surface area (Å²) in [6.45, 7) is 15.6. The van der Waals surface area contributed by atoms with Crippen LogP contribution in [0.3, 0.4) is 0 Å². The standard InChI is InChI=1S/C18H29BrO3Si/c1-8-21-18(20)16-11-15(19)9-10-17(16)22-23(12(2)3,13(4)5)14(6)7/h9-14H,8H2,1-7H3. The van der Waals surface area contributed by atoms with E-state index in [1.54, 1.807) is 6.07 Å². The Kier molecular flexibility index (Phi) is 7.33. The van der Waals surface area contributed by atoms with E-state index < -0.39 is 8.32 Å². The van der Waals surface area contributed by atoms with Gasteiger partial charge in [0.05, 0.1) is 6.61 Å². The summed E-state index contributed by atoms with van der Waals surface area (Å²) in [7, 11) is -2.11. The van der Waals surface area contributed by atoms with Gasteiger partial charge in [-0.1, -0.05) is 57.5 Å². The zero-order valence-corrected chi connectivity index (χ0v) is 17.9. The highest BCUT2D eigenvalue weighted by Crippen LogP contribution is 2.43. The molecule has 1 aromatic rings. The summed E-state index contributed by atoms with van der Waals surface area (Å²) in [6.07, 6.45) is 0. The summed E-state index contributed by atoms with van der Waals surface area (Å²) in [5.41, 5.74) is 1.84. The quantitative estimate of drug-likeness (QED) is 0.404. The van der Waals surface area contributed by atoms with Crippen LogP contribution in [-0.2, 0) is 4.74 Å². The minimum absolute atomic E-state index is 0.331. The average molecular weight is 401 g/mol. The monoisotopic (exact) mass is 400 g/mol. The second kappa shape index (κ2) is 8.33. The van der Waals surface area contributed by atoms with Crippen molar-refractivity contribution in [3.05, 3.63) is 28.2 Å². The van der Waals surface area contributed by atoms with E-state index in [4.69, 9.17) is 9.16 Å². The summed E-state index contributed by atoms with van der Waals surface area (Å²) in [5, 5.41) is 0. The Labute approximate surface area is 150 Å². The smallest absolute Gasteiger partial charge is 0.341 e. The molecule has 1 aromatic carbocycles. The molecule has 0 amide bonds. The fourth-order valence-electron chi connectivity index (χ4n) is 3.50. The van der Waals surface area contributed by atoms with E-state index in [1.165, 1.54) is 0 Å². The summed E-state index contributed by atoms with van der Waals surface area (Å²) in [4.78, 5) is 12.3. The summed E-state index contributed by atoms with van der Waals surface area (Å²) < 4.78 is 12.7. The molecule has 3 nitrogen and oxygen atoms in total. The maximum atomic E-state index is 12.3. The van der Waals surface area contributed by atoms with E-state index in [2.05, 4.69) is 57.5 Å². The molecule has 23 heavy (non-hydrogen) atoms. The molecule has 0 aliphatic carbocycles. The van der Waals surface area contributed by atoms with E-state index >= 15 is 0 Å². The molecule has 0 heterocycles. The van der Waals surface area contributed by atoms with Gasteiger partial charge in [0, 0.05) is 4.47 Å². The fraction of sp³-hybridized carbons (Fsp3) is 0.611. The van der Waals surface area contributed by atoms with Crippen LogP contribution >= 0.6 is 15.9 Å². The van der Waals surface area contributed by atoms with Crippen LogP contribution in [0.2, 0.25) is 16.6 Å². The Morgan fingerprint density at radius 3 is 2.04 bits per heavy atom. The fourth-order valence-corrected chi connectivity index (χ4v) is 9.13. The molecule has 0 aliphatic heterocycles. The lowest BCUT2D eigenvalue weighted by atomic mass is 10.2. The van der Waals surface area contributed by atoms with E-state index in [0.717, 1.165) is 4.47 Å². The van der Waals surface area contributed by atoms with Gasteiger partial charge in [-0.05, 0) is 41.7 Å². The van der Waals surface area contributed by atoms with Crippen LogP contribution in [0, 0.1) is 0 Å². The number of carbonyl (C=O) groups is 1. The van der Waals surface area contributed by atoms with Crippen molar-refractivity contribution in [1.82, 2.24) is 0 Å². The number of benzene rings is 1. The number of carbonyl (C=O) groups excluding carboxylic acids is 1. The summed E-state index contributed by atoms with van der Waals surface area (Å²) in [5.74, 6) is 0.317. The van der Waals surface area contributed by atoms with E-state index in [-0.39, 0.29) is 5.97 Å². The molecule has 0 saturated carbocycles. The molecular weight excluding hydrogens is 372 g/mol. The van der Waals surface area contributed by atoms with E-state index in [1.807, 2.05) is 19.1 Å². The topological polar surface area (TPSA) is 35.5 Å². The first kappa shape index (κ1) is 20.2. The highest BCUT2D eigenvalue weighted by molar-refractivity contribution is 9.10. The van der Waals surface area contributed by atoms with Gasteiger partial charge < -0.3 is 9.16 Å². The Bertz CT molecular complexity index is 519. The van der Waals surface area contributed by atoms with Crippen molar-refractivity contribution >= 4 is 30.2 Å². The zero-order chi connectivity index (χ0) is 17.8. The van der Waals surface area contributed by atoms with Gasteiger partial charge in [0.15, 0.2) is 0 Å². The van der Waals surface area contributed by atoms with Gasteiger partial charge in [-0.3, -0.25) is 0 Å². The second-order valence-corrected chi connectivity index (χ2v) is 13.1. The number of halogens is 1. The van der Waals surface area contributed by atoms with Gasteiger partial charge >= 0.3 is 5.97 Å². The second-order valence-electron chi connectivity index (χ2n) is 6.78. The number of ether oxygens (including phenoxy) is 1. The van der Waals surface area contributed by atoms with Crippen LogP contribution in [0.25, 0.3) is 0 Å². The predicted molar refractivity (Wildman–Crippen MR) is 102 cm³/mol. The molecule has 0 atom stereocenters. The molecule has 0 bridgehead atoms. The minimum atomic E-state index is -2.11. The maximum Gasteiger partial charge on any atom is 0.341 e. The Morgan fingerprint density at radius 2 is 1.61 bits per heavy atom. The molecule has 0 N–H and O–H groups in total. The third kappa shape index (κ3) is 4.38. The van der Waals surface area contributed by atoms with Crippen molar-refractivity contribution in [3.63, 3.8) is 0 Å². The lowest BCUT2D eigenvalue weighted by Gasteiger charge is -2.42. The van der Waals surface area contributed by atoms with Crippen molar-refractivity contribution in [1.29, 1.82) is 0 Å². The van der Waals surface area contributed by atoms with E-state index in [0.29, 0.717) is 34.5 Å². The lowest BCUT2D eigenvalue weighted by Crippen LogP contribution is -2.51. The first-order valence-corrected chi connectivity index (χ1v) is 11.3. The van der Waals surface area contributed by atoms with Gasteiger partial charge in [0.25, 0.3) is 8.32 Å². The van der Waals surface area contributed by atoms with Crippen molar-refractivity contribution in [2.45, 2.75) is 65.1 Å². The summed E-state index contributed by atoms with van der Waals surface area (Å²) in [6, 6.07) is 5.58. The zero-order valence-electron chi connectivity index (χ0n) is 15.3. The Balaban J connectivity index is 3.37. The first-order chi connectivity index (χ1) is 10.7. The van der Waals surface area contributed by atoms with Gasteiger partial charge in [-0.25, -0.2) is 4.79 Å². The molecule has 0 fully saturated rings. The van der Waals surface area contributed by atoms with Crippen LogP contribution in [0.15, 0.2) is 22.7 Å². The molecule has 0 unspecified atom stereocenters. The Hall–Kier alpha value is -0.813. The molecule has 0 saturated heterocycles. The third-order valence-electron chi connectivity index (χ3n) is 4.43. The van der Waals surface area contributed by atoms with Crippen LogP contribution in [0.1, 0.15) is 58.8 Å². The Morgan fingerprint density at radius 1 is 1.09 bits per heavy atom. The largest absolute Gasteiger partial charge is 0.542 e. The maximum absolute atomic E-state index is 12.3. The summed E-state index contributed by atoms with van der Waals surface area (Å²) >= 11 is 3.43. The molecule has 0 aromatic heterocycles. The van der Waals surface area contributed by atoms with Crippen molar-refractivity contribution in [2.24, 2.45) is 0 Å². The lowest BCUT2D eigenvalue weighted by molar-refractivity contribution is 0.0524. The first-order valence-electron chi connectivity index (χ1n) is 8.32. The molecule has 0 spiro atoms. The van der Waals surface area contributed by atoms with Crippen molar-refractivity contribution in [2.75, 3.05) is 6.61 Å². The minimum Gasteiger partial charge on any atom is -0.542 e. The van der Waals surface area contributed by atoms with Crippen LogP contribution in [0.4, 0.5) is 0 Å². The molecule has 0 aliphatic rings. The van der Waals surface area contributed by atoms with Crippen LogP contribution in [0.5, 0.6) is 5.75 Å². The van der Waals surface area contributed by atoms with Gasteiger partial charge in [-0.2, -0.15) is 0 Å². The van der Waals surface area contributed by atoms with Gasteiger partial charge in [-0.15, -0.1) is 0 Å². The normalized spacial score (nSPS) is 12.1. The van der Waals surface area contributed by atoms with Gasteiger partial charge in [0.2, 0.25) is 0 Å². The van der Waals surface area contributed by atoms with Crippen LogP contribution < -0.4 is 4.43 Å². The number of hydrogen-bond donors (Lipinski definition) is 0. The van der Waals surface area contributed by atoms with Crippen LogP contribution in [-0.4, -0.2) is 20.9 Å². The number of hydrogen-bond acceptors (Lipinski definition) is 3. The average Bonchev–Trinajstić information content (AvgIpc) is 2.44. The van der Waals surface area contributed by atoms with E-state index in [9.17, 15) is 4.79 Å². The SMILES string of the molecule is CCOC(=O)c1cc(Br)ccc1O[Si](C(C)C)(C(C)C)C(C)C. The highest BCUT2D eigenvalue weighted by Gasteiger charge is 2.47. The number of esters is 1. The predicted octanol–water partition coefficient (Wildman–Crippen LogP) is 6.18. The van der Waals surface area contributed by atoms with Crippen molar-refractivity contribution < 1.29 is 14.0 Å². The molecule has 5 heteroatoms. The molecule has 130 valence electrons. The third-order valence-corrected chi connectivity index (χ3v) is 10.9. The van der Waals surface area contributed by atoms with Gasteiger partial charge in [0.1, 0.15) is 11.3 Å². The molecule has 1 rings (SSSR count). The van der Waals surface area contributed by atoms with Crippen molar-refractivity contribution in [3.8, 4) is 5.75 Å². The molecule has 0 radical (unpaired) electrons. The highest BCUT2D eigenvalue weighted by atomic mass is 79.9. The molecular formula is C18H29BrO3Si. The number of rotatable bonds is 7.